The van der Waals surface area contributed by atoms with Crippen molar-refractivity contribution in [2.45, 2.75) is 44.1 Å². The van der Waals surface area contributed by atoms with Crippen molar-refractivity contribution in [2.75, 3.05) is 0 Å². The van der Waals surface area contributed by atoms with Gasteiger partial charge >= 0.3 is 11.4 Å². The van der Waals surface area contributed by atoms with Gasteiger partial charge in [0.15, 0.2) is 0 Å². The van der Waals surface area contributed by atoms with Crippen LogP contribution >= 0.6 is 11.6 Å². The minimum atomic E-state index is -3.89. The quantitative estimate of drug-likeness (QED) is 0.535. The Morgan fingerprint density at radius 3 is 2.50 bits per heavy atom. The summed E-state index contributed by atoms with van der Waals surface area (Å²) in [5.74, 6) is -1.48. The minimum absolute atomic E-state index is 0.145. The van der Waals surface area contributed by atoms with Crippen LogP contribution in [0, 0.1) is 5.92 Å². The lowest BCUT2D eigenvalue weighted by Gasteiger charge is -2.28. The van der Waals surface area contributed by atoms with Gasteiger partial charge in [0.25, 0.3) is 0 Å². The summed E-state index contributed by atoms with van der Waals surface area (Å²) in [6.07, 6.45) is 3.13. The zero-order valence-electron chi connectivity index (χ0n) is 7.93. The van der Waals surface area contributed by atoms with E-state index >= 15 is 0 Å². The van der Waals surface area contributed by atoms with Gasteiger partial charge in [-0.3, -0.25) is 0 Å². The van der Waals surface area contributed by atoms with E-state index in [9.17, 15) is 13.6 Å². The SMILES string of the molecule is CC1CCCCC1OC(=O)C(F)(F)Cl. The maximum atomic E-state index is 12.3. The maximum Gasteiger partial charge on any atom is 0.417 e. The van der Waals surface area contributed by atoms with Gasteiger partial charge in [0.05, 0.1) is 0 Å². The highest BCUT2D eigenvalue weighted by molar-refractivity contribution is 6.31. The van der Waals surface area contributed by atoms with Crippen molar-refractivity contribution in [3.8, 4) is 0 Å². The molecule has 2 unspecified atom stereocenters. The summed E-state index contributed by atoms with van der Waals surface area (Å²) in [5.41, 5.74) is 0. The zero-order valence-corrected chi connectivity index (χ0v) is 8.69. The monoisotopic (exact) mass is 226 g/mol. The second-order valence-corrected chi connectivity index (χ2v) is 4.18. The van der Waals surface area contributed by atoms with Crippen molar-refractivity contribution in [2.24, 2.45) is 5.92 Å². The van der Waals surface area contributed by atoms with Crippen molar-refractivity contribution >= 4 is 17.6 Å². The predicted molar refractivity (Wildman–Crippen MR) is 48.3 cm³/mol. The van der Waals surface area contributed by atoms with Gasteiger partial charge in [0, 0.05) is 0 Å². The lowest BCUT2D eigenvalue weighted by molar-refractivity contribution is -0.170. The molecule has 5 heteroatoms. The highest BCUT2D eigenvalue weighted by atomic mass is 35.5. The van der Waals surface area contributed by atoms with E-state index in [4.69, 9.17) is 0 Å². The number of hydrogen-bond donors (Lipinski definition) is 0. The van der Waals surface area contributed by atoms with Gasteiger partial charge < -0.3 is 4.74 Å². The average Bonchev–Trinajstić information content (AvgIpc) is 2.07. The molecule has 2 atom stereocenters. The average molecular weight is 227 g/mol. The Hall–Kier alpha value is -0.380. The Morgan fingerprint density at radius 2 is 2.00 bits per heavy atom. The van der Waals surface area contributed by atoms with Crippen LogP contribution in [-0.4, -0.2) is 17.5 Å². The Labute approximate surface area is 86.6 Å². The fraction of sp³-hybridized carbons (Fsp3) is 0.889. The maximum absolute atomic E-state index is 12.3. The van der Waals surface area contributed by atoms with Crippen LogP contribution < -0.4 is 0 Å². The lowest BCUT2D eigenvalue weighted by Crippen LogP contribution is -2.34. The van der Waals surface area contributed by atoms with Crippen LogP contribution in [0.3, 0.4) is 0 Å². The van der Waals surface area contributed by atoms with Crippen LogP contribution in [0.1, 0.15) is 32.6 Å². The molecule has 1 fully saturated rings. The highest BCUT2D eigenvalue weighted by Gasteiger charge is 2.40. The molecule has 0 N–H and O–H groups in total. The number of esters is 1. The normalized spacial score (nSPS) is 28.6. The minimum Gasteiger partial charge on any atom is -0.457 e. The van der Waals surface area contributed by atoms with E-state index in [1.54, 1.807) is 0 Å². The van der Waals surface area contributed by atoms with Crippen LogP contribution in [0.5, 0.6) is 0 Å². The second kappa shape index (κ2) is 4.43. The van der Waals surface area contributed by atoms with Gasteiger partial charge in [0.1, 0.15) is 6.10 Å². The summed E-state index contributed by atoms with van der Waals surface area (Å²) in [7, 11) is 0. The molecule has 1 rings (SSSR count). The van der Waals surface area contributed by atoms with E-state index in [1.807, 2.05) is 6.92 Å². The molecule has 0 aliphatic heterocycles. The molecule has 0 aromatic heterocycles. The van der Waals surface area contributed by atoms with Crippen molar-refractivity contribution in [1.82, 2.24) is 0 Å². The fourth-order valence-electron chi connectivity index (χ4n) is 1.66. The molecule has 0 saturated heterocycles. The number of alkyl halides is 3. The molecule has 2 nitrogen and oxygen atoms in total. The number of carbonyl (C=O) groups excluding carboxylic acids is 1. The van der Waals surface area contributed by atoms with Gasteiger partial charge in [-0.2, -0.15) is 8.78 Å². The summed E-state index contributed by atoms with van der Waals surface area (Å²) >= 11 is 4.54. The Bertz CT molecular complexity index is 215. The molecule has 0 heterocycles. The number of ether oxygens (including phenoxy) is 1. The zero-order chi connectivity index (χ0) is 10.8. The van der Waals surface area contributed by atoms with Crippen molar-refractivity contribution < 1.29 is 18.3 Å². The molecule has 1 aliphatic carbocycles. The molecular weight excluding hydrogens is 214 g/mol. The first-order chi connectivity index (χ1) is 6.41. The van der Waals surface area contributed by atoms with Crippen molar-refractivity contribution in [3.63, 3.8) is 0 Å². The molecule has 1 aliphatic rings. The van der Waals surface area contributed by atoms with Gasteiger partial charge in [-0.05, 0) is 36.8 Å². The molecule has 0 radical (unpaired) electrons. The van der Waals surface area contributed by atoms with Gasteiger partial charge in [-0.1, -0.05) is 13.3 Å². The second-order valence-electron chi connectivity index (χ2n) is 3.70. The molecule has 0 aromatic carbocycles. The Morgan fingerprint density at radius 1 is 1.43 bits per heavy atom. The van der Waals surface area contributed by atoms with Crippen LogP contribution in [0.4, 0.5) is 8.78 Å². The molecule has 0 amide bonds. The molecule has 0 bridgehead atoms. The number of hydrogen-bond acceptors (Lipinski definition) is 2. The summed E-state index contributed by atoms with van der Waals surface area (Å²) in [6, 6.07) is 0. The van der Waals surface area contributed by atoms with E-state index in [1.165, 1.54) is 0 Å². The first kappa shape index (κ1) is 11.7. The van der Waals surface area contributed by atoms with Crippen LogP contribution in [-0.2, 0) is 9.53 Å². The highest BCUT2D eigenvalue weighted by Crippen LogP contribution is 2.29. The van der Waals surface area contributed by atoms with Crippen LogP contribution in [0.2, 0.25) is 0 Å². The molecule has 0 aromatic rings. The largest absolute Gasteiger partial charge is 0.457 e. The molecule has 82 valence electrons. The van der Waals surface area contributed by atoms with Crippen LogP contribution in [0.25, 0.3) is 0 Å². The first-order valence-electron chi connectivity index (χ1n) is 4.69. The molecule has 1 saturated carbocycles. The standard InChI is InChI=1S/C9H13ClF2O2/c1-6-4-2-3-5-7(6)14-8(13)9(10,11)12/h6-7H,2-5H2,1H3. The van der Waals surface area contributed by atoms with Gasteiger partial charge in [-0.15, -0.1) is 0 Å². The summed E-state index contributed by atoms with van der Waals surface area (Å²) in [5, 5.41) is -3.89. The molecule has 0 spiro atoms. The van der Waals surface area contributed by atoms with Gasteiger partial charge in [0.2, 0.25) is 0 Å². The van der Waals surface area contributed by atoms with E-state index in [-0.39, 0.29) is 5.92 Å². The Kier molecular flexibility index (Phi) is 3.70. The first-order valence-corrected chi connectivity index (χ1v) is 5.07. The predicted octanol–water partition coefficient (Wildman–Crippen LogP) is 2.94. The Balaban J connectivity index is 2.46. The number of halogens is 3. The fourth-order valence-corrected chi connectivity index (χ4v) is 1.71. The van der Waals surface area contributed by atoms with Crippen LogP contribution in [0.15, 0.2) is 0 Å². The smallest absolute Gasteiger partial charge is 0.417 e. The number of carbonyl (C=O) groups is 1. The lowest BCUT2D eigenvalue weighted by atomic mass is 9.88. The molecule has 14 heavy (non-hydrogen) atoms. The number of rotatable bonds is 2. The summed E-state index contributed by atoms with van der Waals surface area (Å²) < 4.78 is 29.2. The molecular formula is C9H13ClF2O2. The van der Waals surface area contributed by atoms with E-state index < -0.39 is 17.5 Å². The van der Waals surface area contributed by atoms with E-state index in [0.29, 0.717) is 6.42 Å². The topological polar surface area (TPSA) is 26.3 Å². The third kappa shape index (κ3) is 3.08. The van der Waals surface area contributed by atoms with Gasteiger partial charge in [-0.25, -0.2) is 4.79 Å². The van der Waals surface area contributed by atoms with Crippen molar-refractivity contribution in [1.29, 1.82) is 0 Å². The summed E-state index contributed by atoms with van der Waals surface area (Å²) in [6.45, 7) is 1.89. The third-order valence-corrected chi connectivity index (χ3v) is 2.68. The summed E-state index contributed by atoms with van der Waals surface area (Å²) in [4.78, 5) is 10.8. The van der Waals surface area contributed by atoms with E-state index in [2.05, 4.69) is 16.3 Å². The van der Waals surface area contributed by atoms with E-state index in [0.717, 1.165) is 19.3 Å². The third-order valence-electron chi connectivity index (χ3n) is 2.52. The van der Waals surface area contributed by atoms with Crippen molar-refractivity contribution in [3.05, 3.63) is 0 Å².